The van der Waals surface area contributed by atoms with Crippen LogP contribution in [-0.4, -0.2) is 11.7 Å². The van der Waals surface area contributed by atoms with Crippen molar-refractivity contribution < 1.29 is 13.9 Å². The number of phenols is 1. The van der Waals surface area contributed by atoms with Crippen LogP contribution in [0.25, 0.3) is 0 Å². The summed E-state index contributed by atoms with van der Waals surface area (Å²) in [7, 11) is 0. The van der Waals surface area contributed by atoms with Crippen molar-refractivity contribution in [1.82, 2.24) is 5.32 Å². The monoisotopic (exact) mass is 247 g/mol. The molecule has 1 saturated heterocycles. The molecule has 88 valence electrons. The number of rotatable bonds is 1. The minimum atomic E-state index is -0.881. The van der Waals surface area contributed by atoms with E-state index in [0.717, 1.165) is 25.5 Å². The van der Waals surface area contributed by atoms with Crippen LogP contribution in [0.2, 0.25) is 5.02 Å². The Hall–Kier alpha value is -0.870. The van der Waals surface area contributed by atoms with E-state index in [1.807, 2.05) is 0 Å². The summed E-state index contributed by atoms with van der Waals surface area (Å²) in [5, 5.41) is 12.3. The van der Waals surface area contributed by atoms with E-state index in [9.17, 15) is 13.9 Å². The third-order valence-corrected chi connectivity index (χ3v) is 3.11. The van der Waals surface area contributed by atoms with E-state index >= 15 is 0 Å². The fraction of sp³-hybridized carbons (Fsp3) is 0.455. The van der Waals surface area contributed by atoms with Crippen molar-refractivity contribution >= 4 is 11.6 Å². The van der Waals surface area contributed by atoms with Crippen molar-refractivity contribution in [3.63, 3.8) is 0 Å². The summed E-state index contributed by atoms with van der Waals surface area (Å²) in [5.74, 6) is -2.25. The first-order valence-electron chi connectivity index (χ1n) is 5.21. The second-order valence-corrected chi connectivity index (χ2v) is 4.33. The Kier molecular flexibility index (Phi) is 3.30. The molecule has 0 saturated carbocycles. The highest BCUT2D eigenvalue weighted by molar-refractivity contribution is 6.30. The first-order chi connectivity index (χ1) is 7.61. The zero-order chi connectivity index (χ0) is 11.7. The standard InChI is InChI=1S/C11H12ClF2NO/c12-6-5-7(13)11(16)9(10(6)14)8-3-1-2-4-15-8/h5,8,15-16H,1-4H2. The lowest BCUT2D eigenvalue weighted by Crippen LogP contribution is -2.27. The smallest absolute Gasteiger partial charge is 0.166 e. The van der Waals surface area contributed by atoms with Crippen LogP contribution >= 0.6 is 11.6 Å². The molecule has 1 fully saturated rings. The van der Waals surface area contributed by atoms with E-state index in [-0.39, 0.29) is 16.6 Å². The maximum atomic E-state index is 13.7. The van der Waals surface area contributed by atoms with Gasteiger partial charge in [-0.25, -0.2) is 8.78 Å². The highest BCUT2D eigenvalue weighted by Crippen LogP contribution is 2.36. The maximum Gasteiger partial charge on any atom is 0.166 e. The molecule has 2 N–H and O–H groups in total. The Balaban J connectivity index is 2.45. The summed E-state index contributed by atoms with van der Waals surface area (Å²) in [5.41, 5.74) is -0.0512. The van der Waals surface area contributed by atoms with Crippen LogP contribution in [0.3, 0.4) is 0 Å². The molecule has 1 atom stereocenters. The summed E-state index contributed by atoms with van der Waals surface area (Å²) in [6, 6.07) is 0.431. The van der Waals surface area contributed by atoms with Gasteiger partial charge in [0.25, 0.3) is 0 Å². The molecule has 16 heavy (non-hydrogen) atoms. The maximum absolute atomic E-state index is 13.7. The SMILES string of the molecule is Oc1c(F)cc(Cl)c(F)c1C1CCCCN1. The molecule has 0 radical (unpaired) electrons. The van der Waals surface area contributed by atoms with Crippen LogP contribution < -0.4 is 5.32 Å². The van der Waals surface area contributed by atoms with Crippen molar-refractivity contribution in [2.75, 3.05) is 6.54 Å². The zero-order valence-corrected chi connectivity index (χ0v) is 9.32. The third-order valence-electron chi connectivity index (χ3n) is 2.84. The van der Waals surface area contributed by atoms with Crippen LogP contribution in [-0.2, 0) is 0 Å². The highest BCUT2D eigenvalue weighted by Gasteiger charge is 2.25. The average Bonchev–Trinajstić information content (AvgIpc) is 2.28. The number of halogens is 3. The molecule has 0 bridgehead atoms. The molecule has 1 heterocycles. The van der Waals surface area contributed by atoms with E-state index in [0.29, 0.717) is 6.42 Å². The molecule has 0 aliphatic carbocycles. The number of hydrogen-bond donors (Lipinski definition) is 2. The van der Waals surface area contributed by atoms with Gasteiger partial charge in [-0.2, -0.15) is 0 Å². The lowest BCUT2D eigenvalue weighted by Gasteiger charge is -2.25. The molecule has 1 aromatic carbocycles. The van der Waals surface area contributed by atoms with Gasteiger partial charge in [-0.15, -0.1) is 0 Å². The first kappa shape index (κ1) is 11.6. The molecular weight excluding hydrogens is 236 g/mol. The van der Waals surface area contributed by atoms with Gasteiger partial charge in [0.1, 0.15) is 5.82 Å². The van der Waals surface area contributed by atoms with Crippen molar-refractivity contribution in [2.45, 2.75) is 25.3 Å². The third kappa shape index (κ3) is 1.99. The number of hydrogen-bond acceptors (Lipinski definition) is 2. The molecule has 2 nitrogen and oxygen atoms in total. The summed E-state index contributed by atoms with van der Waals surface area (Å²) >= 11 is 5.56. The number of aromatic hydroxyl groups is 1. The van der Waals surface area contributed by atoms with E-state index in [4.69, 9.17) is 11.6 Å². The molecule has 2 rings (SSSR count). The predicted octanol–water partition coefficient (Wildman–Crippen LogP) is 3.14. The quantitative estimate of drug-likeness (QED) is 0.748. The van der Waals surface area contributed by atoms with Gasteiger partial charge in [0.2, 0.25) is 0 Å². The molecule has 0 spiro atoms. The Morgan fingerprint density at radius 1 is 1.38 bits per heavy atom. The molecule has 0 aromatic heterocycles. The lowest BCUT2D eigenvalue weighted by molar-refractivity contribution is 0.364. The summed E-state index contributed by atoms with van der Waals surface area (Å²) < 4.78 is 27.0. The van der Waals surface area contributed by atoms with Crippen molar-refractivity contribution in [2.24, 2.45) is 0 Å². The molecule has 0 amide bonds. The topological polar surface area (TPSA) is 32.3 Å². The summed E-state index contributed by atoms with van der Waals surface area (Å²) in [6.45, 7) is 0.734. The van der Waals surface area contributed by atoms with Gasteiger partial charge in [-0.05, 0) is 25.5 Å². The first-order valence-corrected chi connectivity index (χ1v) is 5.59. The highest BCUT2D eigenvalue weighted by atomic mass is 35.5. The van der Waals surface area contributed by atoms with E-state index in [1.54, 1.807) is 0 Å². The van der Waals surface area contributed by atoms with Gasteiger partial charge in [0.05, 0.1) is 10.6 Å². The van der Waals surface area contributed by atoms with Gasteiger partial charge in [-0.1, -0.05) is 18.0 Å². The van der Waals surface area contributed by atoms with Gasteiger partial charge in [-0.3, -0.25) is 0 Å². The van der Waals surface area contributed by atoms with Crippen LogP contribution in [0.5, 0.6) is 5.75 Å². The summed E-state index contributed by atoms with van der Waals surface area (Å²) in [4.78, 5) is 0. The van der Waals surface area contributed by atoms with E-state index in [1.165, 1.54) is 0 Å². The van der Waals surface area contributed by atoms with Crippen LogP contribution in [0.1, 0.15) is 30.9 Å². The van der Waals surface area contributed by atoms with Crippen molar-refractivity contribution in [3.05, 3.63) is 28.3 Å². The largest absolute Gasteiger partial charge is 0.505 e. The Bertz CT molecular complexity index is 379. The summed E-state index contributed by atoms with van der Waals surface area (Å²) in [6.07, 6.45) is 2.59. The number of nitrogens with one attached hydrogen (secondary N) is 1. The van der Waals surface area contributed by atoms with Crippen molar-refractivity contribution in [3.8, 4) is 5.75 Å². The van der Waals surface area contributed by atoms with Gasteiger partial charge in [0.15, 0.2) is 11.6 Å². The molecule has 1 aromatic rings. The van der Waals surface area contributed by atoms with Gasteiger partial charge >= 0.3 is 0 Å². The number of phenolic OH excluding ortho intramolecular Hbond substituents is 1. The van der Waals surface area contributed by atoms with Crippen molar-refractivity contribution in [1.29, 1.82) is 0 Å². The van der Waals surface area contributed by atoms with Crippen LogP contribution in [0.15, 0.2) is 6.07 Å². The van der Waals surface area contributed by atoms with Crippen LogP contribution in [0, 0.1) is 11.6 Å². The normalized spacial score (nSPS) is 21.1. The average molecular weight is 248 g/mol. The number of benzene rings is 1. The molecule has 1 unspecified atom stereocenters. The Labute approximate surface area is 97.2 Å². The van der Waals surface area contributed by atoms with E-state index < -0.39 is 17.4 Å². The predicted molar refractivity (Wildman–Crippen MR) is 57.6 cm³/mol. The Morgan fingerprint density at radius 2 is 2.12 bits per heavy atom. The molecule has 5 heteroatoms. The number of piperidine rings is 1. The molecule has 1 aliphatic rings. The second kappa shape index (κ2) is 4.55. The van der Waals surface area contributed by atoms with E-state index in [2.05, 4.69) is 5.32 Å². The minimum absolute atomic E-state index is 0.0512. The van der Waals surface area contributed by atoms with Gasteiger partial charge in [0, 0.05) is 6.04 Å². The lowest BCUT2D eigenvalue weighted by atomic mass is 9.96. The second-order valence-electron chi connectivity index (χ2n) is 3.92. The van der Waals surface area contributed by atoms with Crippen LogP contribution in [0.4, 0.5) is 8.78 Å². The molecular formula is C11H12ClF2NO. The minimum Gasteiger partial charge on any atom is -0.505 e. The van der Waals surface area contributed by atoms with Gasteiger partial charge < -0.3 is 10.4 Å². The molecule has 1 aliphatic heterocycles. The Morgan fingerprint density at radius 3 is 2.75 bits per heavy atom. The fourth-order valence-electron chi connectivity index (χ4n) is 2.02. The fourth-order valence-corrected chi connectivity index (χ4v) is 2.22. The zero-order valence-electron chi connectivity index (χ0n) is 8.56.